The Morgan fingerprint density at radius 3 is 2.70 bits per heavy atom. The molecule has 0 saturated carbocycles. The van der Waals surface area contributed by atoms with Crippen molar-refractivity contribution in [3.63, 3.8) is 0 Å². The molecule has 0 rings (SSSR count). The summed E-state index contributed by atoms with van der Waals surface area (Å²) in [6.07, 6.45) is 5.82. The van der Waals surface area contributed by atoms with Crippen LogP contribution >= 0.6 is 0 Å². The molecule has 0 radical (unpaired) electrons. The molecule has 0 aliphatic rings. The fourth-order valence-corrected chi connectivity index (χ4v) is 0.577. The fourth-order valence-electron chi connectivity index (χ4n) is 0.577. The molecule has 1 unspecified atom stereocenters. The molecule has 0 aliphatic heterocycles. The van der Waals surface area contributed by atoms with Crippen molar-refractivity contribution in [3.8, 4) is 0 Å². The molecule has 0 bridgehead atoms. The van der Waals surface area contributed by atoms with Gasteiger partial charge >= 0.3 is 0 Å². The second kappa shape index (κ2) is 6.52. The van der Waals surface area contributed by atoms with Crippen molar-refractivity contribution in [1.82, 2.24) is 0 Å². The Balaban J connectivity index is 3.34. The van der Waals surface area contributed by atoms with E-state index in [1.807, 2.05) is 0 Å². The fraction of sp³-hybridized carbons (Fsp3) is 0.500. The second-order valence-electron chi connectivity index (χ2n) is 2.03. The van der Waals surface area contributed by atoms with Gasteiger partial charge in [-0.05, 0) is 12.8 Å². The summed E-state index contributed by atoms with van der Waals surface area (Å²) in [5.41, 5.74) is 0. The standard InChI is InChI=1S/C8H14O2/c1-2-5-8(10)6-3-4-7-9/h2-3,6,8-10H,1,4-5,7H2/b6-3+. The van der Waals surface area contributed by atoms with Crippen LogP contribution in [0.5, 0.6) is 0 Å². The highest BCUT2D eigenvalue weighted by Gasteiger charge is 1.91. The summed E-state index contributed by atoms with van der Waals surface area (Å²) in [5, 5.41) is 17.4. The van der Waals surface area contributed by atoms with Crippen LogP contribution in [0.1, 0.15) is 12.8 Å². The molecule has 58 valence electrons. The summed E-state index contributed by atoms with van der Waals surface area (Å²) in [5.74, 6) is 0. The molecular weight excluding hydrogens is 128 g/mol. The molecule has 0 spiro atoms. The van der Waals surface area contributed by atoms with E-state index in [1.54, 1.807) is 18.2 Å². The van der Waals surface area contributed by atoms with Crippen LogP contribution in [0.4, 0.5) is 0 Å². The summed E-state index contributed by atoms with van der Waals surface area (Å²) >= 11 is 0. The van der Waals surface area contributed by atoms with Crippen LogP contribution in [0.15, 0.2) is 24.8 Å². The van der Waals surface area contributed by atoms with Gasteiger partial charge in [-0.2, -0.15) is 0 Å². The van der Waals surface area contributed by atoms with Crippen LogP contribution in [-0.2, 0) is 0 Å². The van der Waals surface area contributed by atoms with Crippen LogP contribution in [0.3, 0.4) is 0 Å². The van der Waals surface area contributed by atoms with E-state index in [9.17, 15) is 0 Å². The SMILES string of the molecule is C=CCC(O)/C=C/CCO. The Hall–Kier alpha value is -0.600. The van der Waals surface area contributed by atoms with E-state index in [0.29, 0.717) is 12.8 Å². The lowest BCUT2D eigenvalue weighted by atomic mass is 10.2. The molecule has 0 heterocycles. The van der Waals surface area contributed by atoms with E-state index in [1.165, 1.54) is 0 Å². The summed E-state index contributed by atoms with van der Waals surface area (Å²) in [6.45, 7) is 3.62. The van der Waals surface area contributed by atoms with Gasteiger partial charge in [0, 0.05) is 6.61 Å². The average Bonchev–Trinajstić information content (AvgIpc) is 1.89. The molecule has 0 amide bonds. The van der Waals surface area contributed by atoms with Crippen molar-refractivity contribution in [1.29, 1.82) is 0 Å². The number of aliphatic hydroxyl groups is 2. The lowest BCUT2D eigenvalue weighted by molar-refractivity contribution is 0.226. The summed E-state index contributed by atoms with van der Waals surface area (Å²) in [7, 11) is 0. The minimum absolute atomic E-state index is 0.136. The zero-order valence-electron chi connectivity index (χ0n) is 6.03. The van der Waals surface area contributed by atoms with Crippen LogP contribution in [-0.4, -0.2) is 22.9 Å². The number of aliphatic hydroxyl groups excluding tert-OH is 2. The third kappa shape index (κ3) is 5.54. The van der Waals surface area contributed by atoms with Gasteiger partial charge in [-0.15, -0.1) is 6.58 Å². The van der Waals surface area contributed by atoms with Gasteiger partial charge < -0.3 is 10.2 Å². The maximum Gasteiger partial charge on any atom is 0.0755 e. The Morgan fingerprint density at radius 1 is 1.50 bits per heavy atom. The van der Waals surface area contributed by atoms with Crippen molar-refractivity contribution in [3.05, 3.63) is 24.8 Å². The average molecular weight is 142 g/mol. The third-order valence-electron chi connectivity index (χ3n) is 1.06. The minimum Gasteiger partial charge on any atom is -0.396 e. The first-order chi connectivity index (χ1) is 4.81. The molecule has 2 heteroatoms. The van der Waals surface area contributed by atoms with Gasteiger partial charge in [0.2, 0.25) is 0 Å². The zero-order chi connectivity index (χ0) is 7.82. The second-order valence-corrected chi connectivity index (χ2v) is 2.03. The Morgan fingerprint density at radius 2 is 2.20 bits per heavy atom. The van der Waals surface area contributed by atoms with Gasteiger partial charge in [0.15, 0.2) is 0 Å². The summed E-state index contributed by atoms with van der Waals surface area (Å²) in [6, 6.07) is 0. The van der Waals surface area contributed by atoms with E-state index < -0.39 is 6.10 Å². The normalized spacial score (nSPS) is 13.8. The molecular formula is C8H14O2. The molecule has 0 aromatic rings. The van der Waals surface area contributed by atoms with Crippen LogP contribution < -0.4 is 0 Å². The first-order valence-corrected chi connectivity index (χ1v) is 3.37. The van der Waals surface area contributed by atoms with Crippen molar-refractivity contribution in [2.75, 3.05) is 6.61 Å². The van der Waals surface area contributed by atoms with Gasteiger partial charge in [0.1, 0.15) is 0 Å². The zero-order valence-corrected chi connectivity index (χ0v) is 6.03. The quantitative estimate of drug-likeness (QED) is 0.559. The molecule has 0 aromatic heterocycles. The van der Waals surface area contributed by atoms with Gasteiger partial charge in [-0.3, -0.25) is 0 Å². The van der Waals surface area contributed by atoms with Crippen molar-refractivity contribution < 1.29 is 10.2 Å². The highest BCUT2D eigenvalue weighted by molar-refractivity contribution is 4.91. The van der Waals surface area contributed by atoms with Crippen LogP contribution in [0.2, 0.25) is 0 Å². The van der Waals surface area contributed by atoms with Gasteiger partial charge in [-0.25, -0.2) is 0 Å². The minimum atomic E-state index is -0.441. The van der Waals surface area contributed by atoms with Crippen LogP contribution in [0, 0.1) is 0 Å². The van der Waals surface area contributed by atoms with Gasteiger partial charge in [0.25, 0.3) is 0 Å². The van der Waals surface area contributed by atoms with Crippen molar-refractivity contribution in [2.45, 2.75) is 18.9 Å². The predicted octanol–water partition coefficient (Wildman–Crippen LogP) is 0.862. The monoisotopic (exact) mass is 142 g/mol. The largest absolute Gasteiger partial charge is 0.396 e. The van der Waals surface area contributed by atoms with E-state index in [2.05, 4.69) is 6.58 Å². The molecule has 0 saturated heterocycles. The first kappa shape index (κ1) is 9.40. The highest BCUT2D eigenvalue weighted by Crippen LogP contribution is 1.94. The highest BCUT2D eigenvalue weighted by atomic mass is 16.3. The van der Waals surface area contributed by atoms with Gasteiger partial charge in [0.05, 0.1) is 6.10 Å². The van der Waals surface area contributed by atoms with Crippen LogP contribution in [0.25, 0.3) is 0 Å². The lowest BCUT2D eigenvalue weighted by Crippen LogP contribution is -1.98. The Labute approximate surface area is 61.5 Å². The van der Waals surface area contributed by atoms with E-state index in [-0.39, 0.29) is 6.61 Å². The number of rotatable bonds is 5. The molecule has 0 aliphatic carbocycles. The van der Waals surface area contributed by atoms with Crippen molar-refractivity contribution >= 4 is 0 Å². The summed E-state index contributed by atoms with van der Waals surface area (Å²) in [4.78, 5) is 0. The smallest absolute Gasteiger partial charge is 0.0755 e. The lowest BCUT2D eigenvalue weighted by Gasteiger charge is -1.98. The predicted molar refractivity (Wildman–Crippen MR) is 41.7 cm³/mol. The maximum absolute atomic E-state index is 9.04. The molecule has 2 nitrogen and oxygen atoms in total. The summed E-state index contributed by atoms with van der Waals surface area (Å²) < 4.78 is 0. The van der Waals surface area contributed by atoms with E-state index >= 15 is 0 Å². The van der Waals surface area contributed by atoms with Crippen molar-refractivity contribution in [2.24, 2.45) is 0 Å². The Bertz CT molecular complexity index is 108. The Kier molecular flexibility index (Phi) is 6.13. The maximum atomic E-state index is 9.04. The first-order valence-electron chi connectivity index (χ1n) is 3.37. The molecule has 2 N–H and O–H groups in total. The molecule has 1 atom stereocenters. The van der Waals surface area contributed by atoms with E-state index in [0.717, 1.165) is 0 Å². The topological polar surface area (TPSA) is 40.5 Å². The number of hydrogen-bond donors (Lipinski definition) is 2. The third-order valence-corrected chi connectivity index (χ3v) is 1.06. The molecule has 0 aromatic carbocycles. The van der Waals surface area contributed by atoms with E-state index in [4.69, 9.17) is 10.2 Å². The number of hydrogen-bond acceptors (Lipinski definition) is 2. The van der Waals surface area contributed by atoms with Gasteiger partial charge in [-0.1, -0.05) is 18.2 Å². The molecule has 0 fully saturated rings. The molecule has 10 heavy (non-hydrogen) atoms.